The van der Waals surface area contributed by atoms with Crippen LogP contribution in [0.5, 0.6) is 0 Å². The van der Waals surface area contributed by atoms with Crippen LogP contribution >= 0.6 is 12.4 Å². The Bertz CT molecular complexity index is 518. The van der Waals surface area contributed by atoms with E-state index in [-0.39, 0.29) is 24.2 Å². The monoisotopic (exact) mass is 341 g/mol. The van der Waals surface area contributed by atoms with Gasteiger partial charge < -0.3 is 16.4 Å². The van der Waals surface area contributed by atoms with Gasteiger partial charge in [-0.25, -0.2) is 0 Å². The van der Waals surface area contributed by atoms with Crippen LogP contribution in [0.25, 0.3) is 0 Å². The molecule has 1 unspecified atom stereocenters. The second-order valence-electron chi connectivity index (χ2n) is 5.81. The first kappa shape index (κ1) is 21.4. The fourth-order valence-electron chi connectivity index (χ4n) is 2.18. The van der Waals surface area contributed by atoms with Crippen LogP contribution in [0.3, 0.4) is 0 Å². The molecule has 0 saturated heterocycles. The molecule has 0 aromatic heterocycles. The van der Waals surface area contributed by atoms with Crippen molar-refractivity contribution in [3.05, 3.63) is 35.4 Å². The second-order valence-corrected chi connectivity index (χ2v) is 5.81. The average Bonchev–Trinajstić information content (AvgIpc) is 2.50. The Morgan fingerprint density at radius 3 is 2.48 bits per heavy atom. The van der Waals surface area contributed by atoms with Crippen molar-refractivity contribution >= 4 is 24.2 Å². The summed E-state index contributed by atoms with van der Waals surface area (Å²) < 4.78 is 0. The number of nitrogens with two attached hydrogens (primary N) is 1. The van der Waals surface area contributed by atoms with Gasteiger partial charge in [-0.15, -0.1) is 12.4 Å². The predicted octanol–water partition coefficient (Wildman–Crippen LogP) is 2.38. The van der Waals surface area contributed by atoms with E-state index in [0.717, 1.165) is 18.4 Å². The van der Waals surface area contributed by atoms with Gasteiger partial charge in [0.25, 0.3) is 5.91 Å². The summed E-state index contributed by atoms with van der Waals surface area (Å²) in [7, 11) is 0. The predicted molar refractivity (Wildman–Crippen MR) is 95.7 cm³/mol. The lowest BCUT2D eigenvalue weighted by atomic mass is 9.96. The summed E-state index contributed by atoms with van der Waals surface area (Å²) >= 11 is 0. The van der Waals surface area contributed by atoms with Crippen molar-refractivity contribution in [2.24, 2.45) is 5.73 Å². The molecule has 0 heterocycles. The normalized spacial score (nSPS) is 12.7. The Balaban J connectivity index is 0.00000484. The van der Waals surface area contributed by atoms with Crippen LogP contribution in [0.2, 0.25) is 0 Å². The van der Waals surface area contributed by atoms with Gasteiger partial charge in [0.15, 0.2) is 0 Å². The highest BCUT2D eigenvalue weighted by Crippen LogP contribution is 2.10. The Kier molecular flexibility index (Phi) is 9.53. The van der Waals surface area contributed by atoms with Crippen molar-refractivity contribution in [1.82, 2.24) is 10.6 Å². The Labute approximate surface area is 144 Å². The van der Waals surface area contributed by atoms with Crippen molar-refractivity contribution < 1.29 is 9.59 Å². The van der Waals surface area contributed by atoms with E-state index in [4.69, 9.17) is 5.73 Å². The summed E-state index contributed by atoms with van der Waals surface area (Å²) in [5.41, 5.74) is 6.62. The van der Waals surface area contributed by atoms with Gasteiger partial charge in [-0.1, -0.05) is 32.4 Å². The zero-order valence-corrected chi connectivity index (χ0v) is 15.0. The largest absolute Gasteiger partial charge is 0.352 e. The lowest BCUT2D eigenvalue weighted by Crippen LogP contribution is -2.51. The van der Waals surface area contributed by atoms with Crippen molar-refractivity contribution in [3.8, 4) is 0 Å². The standard InChI is InChI=1S/C17H27N3O2.ClH/c1-4-9-17(3,18)16(22)20-12-13-7-6-8-14(11-13)15(21)19-10-5-2;/h6-8,11H,4-5,9-10,12,18H2,1-3H3,(H,19,21)(H,20,22);1H. The summed E-state index contributed by atoms with van der Waals surface area (Å²) in [5.74, 6) is -0.264. The number of halogens is 1. The van der Waals surface area contributed by atoms with Crippen LogP contribution in [-0.4, -0.2) is 23.9 Å². The van der Waals surface area contributed by atoms with E-state index in [2.05, 4.69) is 10.6 Å². The molecule has 1 aromatic carbocycles. The molecule has 130 valence electrons. The van der Waals surface area contributed by atoms with Gasteiger partial charge in [0.1, 0.15) is 0 Å². The SMILES string of the molecule is CCCNC(=O)c1cccc(CNC(=O)C(C)(N)CCC)c1.Cl. The molecule has 1 rings (SSSR count). The highest BCUT2D eigenvalue weighted by atomic mass is 35.5. The van der Waals surface area contributed by atoms with Crippen LogP contribution in [0.4, 0.5) is 0 Å². The number of amides is 2. The van der Waals surface area contributed by atoms with Gasteiger partial charge in [-0.2, -0.15) is 0 Å². The first-order valence-electron chi connectivity index (χ1n) is 7.85. The minimum Gasteiger partial charge on any atom is -0.352 e. The maximum absolute atomic E-state index is 12.1. The minimum absolute atomic E-state index is 0. The lowest BCUT2D eigenvalue weighted by molar-refractivity contribution is -0.126. The molecule has 2 amide bonds. The number of hydrogen-bond acceptors (Lipinski definition) is 3. The minimum atomic E-state index is -0.856. The van der Waals surface area contributed by atoms with Crippen molar-refractivity contribution in [2.75, 3.05) is 6.54 Å². The number of carbonyl (C=O) groups is 2. The van der Waals surface area contributed by atoms with Crippen LogP contribution in [0.1, 0.15) is 56.0 Å². The summed E-state index contributed by atoms with van der Waals surface area (Å²) in [4.78, 5) is 24.0. The van der Waals surface area contributed by atoms with Crippen molar-refractivity contribution in [3.63, 3.8) is 0 Å². The molecule has 4 N–H and O–H groups in total. The van der Waals surface area contributed by atoms with Crippen molar-refractivity contribution in [2.45, 2.75) is 52.1 Å². The summed E-state index contributed by atoms with van der Waals surface area (Å²) in [6.45, 7) is 6.76. The summed E-state index contributed by atoms with van der Waals surface area (Å²) in [6.07, 6.45) is 2.39. The third-order valence-electron chi connectivity index (χ3n) is 3.47. The molecule has 0 aliphatic heterocycles. The van der Waals surface area contributed by atoms with Gasteiger partial charge in [-0.05, 0) is 37.5 Å². The molecule has 0 aliphatic rings. The molecule has 1 aromatic rings. The quantitative estimate of drug-likeness (QED) is 0.678. The van der Waals surface area contributed by atoms with E-state index in [9.17, 15) is 9.59 Å². The second kappa shape index (κ2) is 10.2. The molecule has 0 bridgehead atoms. The van der Waals surface area contributed by atoms with Crippen molar-refractivity contribution in [1.29, 1.82) is 0 Å². The number of hydrogen-bond donors (Lipinski definition) is 3. The lowest BCUT2D eigenvalue weighted by Gasteiger charge is -2.22. The zero-order chi connectivity index (χ0) is 16.6. The van der Waals surface area contributed by atoms with E-state index < -0.39 is 5.54 Å². The van der Waals surface area contributed by atoms with E-state index >= 15 is 0 Å². The molecular formula is C17H28ClN3O2. The molecule has 0 spiro atoms. The fraction of sp³-hybridized carbons (Fsp3) is 0.529. The first-order chi connectivity index (χ1) is 10.4. The van der Waals surface area contributed by atoms with E-state index in [0.29, 0.717) is 25.1 Å². The maximum atomic E-state index is 12.1. The third-order valence-corrected chi connectivity index (χ3v) is 3.47. The molecule has 23 heavy (non-hydrogen) atoms. The number of carbonyl (C=O) groups excluding carboxylic acids is 2. The number of rotatable bonds is 8. The third kappa shape index (κ3) is 7.01. The van der Waals surface area contributed by atoms with Gasteiger partial charge in [0.05, 0.1) is 5.54 Å². The molecule has 0 aliphatic carbocycles. The van der Waals surface area contributed by atoms with Crippen LogP contribution < -0.4 is 16.4 Å². The van der Waals surface area contributed by atoms with Gasteiger partial charge in [0, 0.05) is 18.7 Å². The Morgan fingerprint density at radius 2 is 1.87 bits per heavy atom. The topological polar surface area (TPSA) is 84.2 Å². The molecule has 0 saturated carbocycles. The van der Waals surface area contributed by atoms with Gasteiger partial charge in [0.2, 0.25) is 5.91 Å². The molecular weight excluding hydrogens is 314 g/mol. The van der Waals surface area contributed by atoms with E-state index in [1.807, 2.05) is 26.0 Å². The highest BCUT2D eigenvalue weighted by Gasteiger charge is 2.26. The van der Waals surface area contributed by atoms with Gasteiger partial charge >= 0.3 is 0 Å². The molecule has 0 radical (unpaired) electrons. The van der Waals surface area contributed by atoms with E-state index in [1.54, 1.807) is 19.1 Å². The van der Waals surface area contributed by atoms with Crippen LogP contribution in [-0.2, 0) is 11.3 Å². The zero-order valence-electron chi connectivity index (χ0n) is 14.1. The van der Waals surface area contributed by atoms with E-state index in [1.165, 1.54) is 0 Å². The highest BCUT2D eigenvalue weighted by molar-refractivity contribution is 5.94. The summed E-state index contributed by atoms with van der Waals surface area (Å²) in [5, 5.41) is 5.67. The average molecular weight is 342 g/mol. The molecule has 1 atom stereocenters. The maximum Gasteiger partial charge on any atom is 0.251 e. The first-order valence-corrected chi connectivity index (χ1v) is 7.85. The number of nitrogens with one attached hydrogen (secondary N) is 2. The number of benzene rings is 1. The van der Waals surface area contributed by atoms with Gasteiger partial charge in [-0.3, -0.25) is 9.59 Å². The summed E-state index contributed by atoms with van der Waals surface area (Å²) in [6, 6.07) is 7.25. The van der Waals surface area contributed by atoms with Crippen LogP contribution in [0.15, 0.2) is 24.3 Å². The smallest absolute Gasteiger partial charge is 0.251 e. The molecule has 6 heteroatoms. The van der Waals surface area contributed by atoms with Crippen LogP contribution in [0, 0.1) is 0 Å². The molecule has 5 nitrogen and oxygen atoms in total. The Hall–Kier alpha value is -1.59. The fourth-order valence-corrected chi connectivity index (χ4v) is 2.18. The Morgan fingerprint density at radius 1 is 1.17 bits per heavy atom. The molecule has 0 fully saturated rings.